The van der Waals surface area contributed by atoms with Gasteiger partial charge in [0.1, 0.15) is 6.10 Å². The molecule has 14 heavy (non-hydrogen) atoms. The Hall–Kier alpha value is -0.100. The van der Waals surface area contributed by atoms with Crippen LogP contribution in [0.2, 0.25) is 0 Å². The van der Waals surface area contributed by atoms with Gasteiger partial charge in [-0.2, -0.15) is 0 Å². The maximum atomic E-state index is 10.8. The Bertz CT molecular complexity index is 310. The first-order valence-corrected chi connectivity index (χ1v) is 6.44. The van der Waals surface area contributed by atoms with Crippen molar-refractivity contribution in [3.05, 3.63) is 34.3 Å². The van der Waals surface area contributed by atoms with E-state index in [9.17, 15) is 4.79 Å². The molecule has 0 amide bonds. The minimum Gasteiger partial charge on any atom is -0.457 e. The maximum absolute atomic E-state index is 10.8. The molecule has 0 fully saturated rings. The first kappa shape index (κ1) is 12.0. The van der Waals surface area contributed by atoms with E-state index < -0.39 is 0 Å². The zero-order valence-electron chi connectivity index (χ0n) is 7.67. The molecule has 0 bridgehead atoms. The number of carbonyl (C=O) groups is 1. The standard InChI is InChI=1S/C10H10BrIO2/c1-7(13)14-10(6-12)8-2-4-9(11)5-3-8/h2-5,10H,6H2,1H3. The van der Waals surface area contributed by atoms with Gasteiger partial charge in [0.15, 0.2) is 0 Å². The number of benzene rings is 1. The summed E-state index contributed by atoms with van der Waals surface area (Å²) in [5.74, 6) is -0.241. The molecular weight excluding hydrogens is 359 g/mol. The molecule has 1 aromatic carbocycles. The zero-order valence-corrected chi connectivity index (χ0v) is 11.4. The molecule has 4 heteroatoms. The summed E-state index contributed by atoms with van der Waals surface area (Å²) in [4.78, 5) is 10.8. The molecule has 0 radical (unpaired) electrons. The molecule has 1 atom stereocenters. The second kappa shape index (κ2) is 5.70. The quantitative estimate of drug-likeness (QED) is 0.463. The zero-order chi connectivity index (χ0) is 10.6. The van der Waals surface area contributed by atoms with E-state index in [1.807, 2.05) is 24.3 Å². The highest BCUT2D eigenvalue weighted by atomic mass is 127. The van der Waals surface area contributed by atoms with Crippen molar-refractivity contribution in [3.63, 3.8) is 0 Å². The van der Waals surface area contributed by atoms with Gasteiger partial charge in [-0.05, 0) is 17.7 Å². The number of hydrogen-bond acceptors (Lipinski definition) is 2. The minimum absolute atomic E-state index is 0.138. The molecule has 0 N–H and O–H groups in total. The smallest absolute Gasteiger partial charge is 0.303 e. The molecule has 1 aromatic rings. The summed E-state index contributed by atoms with van der Waals surface area (Å²) in [7, 11) is 0. The van der Waals surface area contributed by atoms with E-state index in [-0.39, 0.29) is 12.1 Å². The molecule has 76 valence electrons. The van der Waals surface area contributed by atoms with Gasteiger partial charge in [-0.15, -0.1) is 0 Å². The van der Waals surface area contributed by atoms with Gasteiger partial charge >= 0.3 is 5.97 Å². The third kappa shape index (κ3) is 3.57. The summed E-state index contributed by atoms with van der Waals surface area (Å²) in [6.07, 6.45) is -0.138. The molecule has 0 saturated carbocycles. The van der Waals surface area contributed by atoms with Crippen LogP contribution >= 0.6 is 38.5 Å². The number of ether oxygens (including phenoxy) is 1. The van der Waals surface area contributed by atoms with E-state index in [2.05, 4.69) is 38.5 Å². The van der Waals surface area contributed by atoms with E-state index in [4.69, 9.17) is 4.74 Å². The Morgan fingerprint density at radius 2 is 2.07 bits per heavy atom. The molecule has 2 nitrogen and oxygen atoms in total. The largest absolute Gasteiger partial charge is 0.457 e. The Kier molecular flexibility index (Phi) is 4.88. The molecule has 1 rings (SSSR count). The Morgan fingerprint density at radius 3 is 2.50 bits per heavy atom. The average Bonchev–Trinajstić information content (AvgIpc) is 2.15. The van der Waals surface area contributed by atoms with Gasteiger partial charge in [0.05, 0.1) is 0 Å². The van der Waals surface area contributed by atoms with Gasteiger partial charge in [0.25, 0.3) is 0 Å². The number of carbonyl (C=O) groups excluding carboxylic acids is 1. The summed E-state index contributed by atoms with van der Waals surface area (Å²) in [5.41, 5.74) is 1.03. The van der Waals surface area contributed by atoms with Crippen LogP contribution in [0.4, 0.5) is 0 Å². The SMILES string of the molecule is CC(=O)OC(CI)c1ccc(Br)cc1. The number of halogens is 2. The lowest BCUT2D eigenvalue weighted by Crippen LogP contribution is -2.09. The molecule has 0 aliphatic carbocycles. The van der Waals surface area contributed by atoms with Gasteiger partial charge in [0.2, 0.25) is 0 Å². The van der Waals surface area contributed by atoms with E-state index >= 15 is 0 Å². The summed E-state index contributed by atoms with van der Waals surface area (Å²) in [6, 6.07) is 7.79. The van der Waals surface area contributed by atoms with E-state index in [1.54, 1.807) is 0 Å². The second-order valence-corrected chi connectivity index (χ2v) is 4.60. The van der Waals surface area contributed by atoms with Gasteiger partial charge in [-0.1, -0.05) is 50.7 Å². The summed E-state index contributed by atoms with van der Waals surface area (Å²) in [5, 5.41) is 0. The van der Waals surface area contributed by atoms with Crippen LogP contribution in [0.15, 0.2) is 28.7 Å². The Morgan fingerprint density at radius 1 is 1.50 bits per heavy atom. The monoisotopic (exact) mass is 368 g/mol. The van der Waals surface area contributed by atoms with Crippen LogP contribution < -0.4 is 0 Å². The average molecular weight is 369 g/mol. The fourth-order valence-corrected chi connectivity index (χ4v) is 2.02. The Labute approximate surface area is 105 Å². The van der Waals surface area contributed by atoms with Crippen molar-refractivity contribution in [2.45, 2.75) is 13.0 Å². The van der Waals surface area contributed by atoms with Crippen LogP contribution in [0.5, 0.6) is 0 Å². The van der Waals surface area contributed by atoms with Crippen LogP contribution in [0.3, 0.4) is 0 Å². The van der Waals surface area contributed by atoms with Crippen molar-refractivity contribution in [2.24, 2.45) is 0 Å². The third-order valence-corrected chi connectivity index (χ3v) is 3.02. The van der Waals surface area contributed by atoms with Gasteiger partial charge in [-0.25, -0.2) is 0 Å². The van der Waals surface area contributed by atoms with Crippen molar-refractivity contribution < 1.29 is 9.53 Å². The van der Waals surface area contributed by atoms with Gasteiger partial charge in [0, 0.05) is 15.8 Å². The molecule has 0 saturated heterocycles. The van der Waals surface area contributed by atoms with Crippen LogP contribution in [0, 0.1) is 0 Å². The molecule has 0 aliphatic heterocycles. The molecular formula is C10H10BrIO2. The van der Waals surface area contributed by atoms with Gasteiger partial charge < -0.3 is 4.74 Å². The van der Waals surface area contributed by atoms with E-state index in [0.717, 1.165) is 14.5 Å². The first-order chi connectivity index (χ1) is 6.63. The molecule has 0 heterocycles. The van der Waals surface area contributed by atoms with Crippen LogP contribution in [-0.2, 0) is 9.53 Å². The lowest BCUT2D eigenvalue weighted by molar-refractivity contribution is -0.145. The van der Waals surface area contributed by atoms with Crippen LogP contribution in [-0.4, -0.2) is 10.4 Å². The van der Waals surface area contributed by atoms with E-state index in [0.29, 0.717) is 0 Å². The number of hydrogen-bond donors (Lipinski definition) is 0. The predicted molar refractivity (Wildman–Crippen MR) is 67.5 cm³/mol. The molecule has 0 aliphatic rings. The highest BCUT2D eigenvalue weighted by molar-refractivity contribution is 14.1. The number of alkyl halides is 1. The van der Waals surface area contributed by atoms with Crippen LogP contribution in [0.25, 0.3) is 0 Å². The van der Waals surface area contributed by atoms with Gasteiger partial charge in [-0.3, -0.25) is 4.79 Å². The number of esters is 1. The van der Waals surface area contributed by atoms with Crippen LogP contribution in [0.1, 0.15) is 18.6 Å². The third-order valence-electron chi connectivity index (χ3n) is 1.69. The van der Waals surface area contributed by atoms with Crippen molar-refractivity contribution in [1.29, 1.82) is 0 Å². The lowest BCUT2D eigenvalue weighted by Gasteiger charge is -2.14. The Balaban J connectivity index is 2.78. The van der Waals surface area contributed by atoms with Crippen molar-refractivity contribution in [2.75, 3.05) is 4.43 Å². The lowest BCUT2D eigenvalue weighted by atomic mass is 10.1. The molecule has 0 spiro atoms. The predicted octanol–water partition coefficient (Wildman–Crippen LogP) is 3.49. The second-order valence-electron chi connectivity index (χ2n) is 2.80. The van der Waals surface area contributed by atoms with Crippen molar-refractivity contribution >= 4 is 44.5 Å². The summed E-state index contributed by atoms with van der Waals surface area (Å²) >= 11 is 5.56. The maximum Gasteiger partial charge on any atom is 0.303 e. The van der Waals surface area contributed by atoms with E-state index in [1.165, 1.54) is 6.92 Å². The fourth-order valence-electron chi connectivity index (χ4n) is 1.07. The van der Waals surface area contributed by atoms with Crippen molar-refractivity contribution in [1.82, 2.24) is 0 Å². The number of rotatable bonds is 3. The molecule has 0 aromatic heterocycles. The topological polar surface area (TPSA) is 26.3 Å². The highest BCUT2D eigenvalue weighted by Crippen LogP contribution is 2.22. The summed E-state index contributed by atoms with van der Waals surface area (Å²) < 4.78 is 6.95. The highest BCUT2D eigenvalue weighted by Gasteiger charge is 2.12. The minimum atomic E-state index is -0.241. The summed E-state index contributed by atoms with van der Waals surface area (Å²) in [6.45, 7) is 1.43. The fraction of sp³-hybridized carbons (Fsp3) is 0.300. The molecule has 1 unspecified atom stereocenters. The van der Waals surface area contributed by atoms with Crippen molar-refractivity contribution in [3.8, 4) is 0 Å². The normalized spacial score (nSPS) is 12.2. The first-order valence-electron chi connectivity index (χ1n) is 4.12.